The number of phenols is 1. The summed E-state index contributed by atoms with van der Waals surface area (Å²) in [6, 6.07) is 7.00. The number of phenolic OH excluding ortho intramolecular Hbond substituents is 1. The minimum atomic E-state index is -0.908. The Hall–Kier alpha value is -2.59. The number of aromatic nitrogens is 2. The Bertz CT molecular complexity index is 1160. The number of halogens is 3. The molecule has 1 aromatic heterocycles. The molecule has 3 aromatic rings. The van der Waals surface area contributed by atoms with Crippen molar-refractivity contribution in [3.05, 3.63) is 36.1 Å². The van der Waals surface area contributed by atoms with Gasteiger partial charge in [0, 0.05) is 36.5 Å². The highest BCUT2D eigenvalue weighted by Crippen LogP contribution is 2.37. The van der Waals surface area contributed by atoms with Crippen LogP contribution in [0, 0.1) is 11.7 Å². The molecule has 2 aromatic carbocycles. The fraction of sp³-hybridized carbons (Fsp3) is 0.391. The van der Waals surface area contributed by atoms with Crippen molar-refractivity contribution in [1.29, 1.82) is 0 Å². The van der Waals surface area contributed by atoms with Gasteiger partial charge < -0.3 is 30.3 Å². The molecule has 0 saturated carbocycles. The first-order valence-electron chi connectivity index (χ1n) is 10.3. The lowest BCUT2D eigenvalue weighted by molar-refractivity contribution is 0.0219. The van der Waals surface area contributed by atoms with Crippen LogP contribution in [-0.2, 0) is 0 Å². The molecule has 186 valence electrons. The number of fused-ring (bicyclic) bond motifs is 1. The molecule has 0 bridgehead atoms. The molecule has 0 amide bonds. The van der Waals surface area contributed by atoms with Crippen molar-refractivity contribution in [2.45, 2.75) is 25.5 Å². The van der Waals surface area contributed by atoms with Crippen molar-refractivity contribution in [1.82, 2.24) is 15.3 Å². The Balaban J connectivity index is 0.00000204. The molecule has 2 unspecified atom stereocenters. The highest BCUT2D eigenvalue weighted by Gasteiger charge is 2.38. The Kier molecular flexibility index (Phi) is 8.76. The zero-order valence-corrected chi connectivity index (χ0v) is 20.9. The van der Waals surface area contributed by atoms with Gasteiger partial charge in [0.15, 0.2) is 17.3 Å². The lowest BCUT2D eigenvalue weighted by Gasteiger charge is -2.31. The van der Waals surface area contributed by atoms with E-state index in [2.05, 4.69) is 20.6 Å². The van der Waals surface area contributed by atoms with Crippen LogP contribution in [0.2, 0.25) is 0 Å². The van der Waals surface area contributed by atoms with Crippen LogP contribution < -0.4 is 20.1 Å². The summed E-state index contributed by atoms with van der Waals surface area (Å²) in [5, 5.41) is 28.3. The first-order valence-corrected chi connectivity index (χ1v) is 10.3. The summed E-state index contributed by atoms with van der Waals surface area (Å²) in [6.45, 7) is 4.84. The number of nitrogens with one attached hydrogen (secondary N) is 2. The lowest BCUT2D eigenvalue weighted by atomic mass is 9.87. The lowest BCUT2D eigenvalue weighted by Crippen LogP contribution is -2.42. The average Bonchev–Trinajstić information content (AvgIpc) is 3.23. The van der Waals surface area contributed by atoms with Gasteiger partial charge in [-0.1, -0.05) is 0 Å². The second kappa shape index (κ2) is 10.8. The number of hydrogen-bond acceptors (Lipinski definition) is 8. The van der Waals surface area contributed by atoms with Crippen molar-refractivity contribution in [2.24, 2.45) is 5.92 Å². The number of methoxy groups -OCH3 is 2. The minimum absolute atomic E-state index is 0. The van der Waals surface area contributed by atoms with Gasteiger partial charge >= 0.3 is 0 Å². The Morgan fingerprint density at radius 1 is 1.06 bits per heavy atom. The maximum Gasteiger partial charge on any atom is 0.165 e. The van der Waals surface area contributed by atoms with Crippen LogP contribution in [0.25, 0.3) is 22.3 Å². The molecule has 1 aliphatic heterocycles. The molecule has 0 spiro atoms. The van der Waals surface area contributed by atoms with E-state index in [0.717, 1.165) is 0 Å². The first kappa shape index (κ1) is 27.7. The minimum Gasteiger partial charge on any atom is -0.507 e. The summed E-state index contributed by atoms with van der Waals surface area (Å²) in [7, 11) is 3.07. The number of ether oxygens (including phenoxy) is 2. The zero-order chi connectivity index (χ0) is 23.0. The number of anilines is 1. The van der Waals surface area contributed by atoms with Crippen LogP contribution in [0.3, 0.4) is 0 Å². The maximum atomic E-state index is 13.9. The normalized spacial score (nSPS) is 17.6. The highest BCUT2D eigenvalue weighted by molar-refractivity contribution is 5.93. The number of rotatable bonds is 6. The van der Waals surface area contributed by atoms with E-state index in [4.69, 9.17) is 9.47 Å². The summed E-state index contributed by atoms with van der Waals surface area (Å²) in [4.78, 5) is 9.19. The standard InChI is InChI=1S/C23H27FN4O4.2ClH/c1-23(2,30)15-10-25-11-17(15)27-21-13-8-19(31-3)20(32-4)9-16(13)26-22(28-21)14-7-12(24)5-6-18(14)29;;/h5-9,15,17,25,29-30H,10-11H2,1-4H3,(H,26,27,28);2*1H. The van der Waals surface area contributed by atoms with Crippen molar-refractivity contribution in [2.75, 3.05) is 32.6 Å². The smallest absolute Gasteiger partial charge is 0.165 e. The summed E-state index contributed by atoms with van der Waals surface area (Å²) < 4.78 is 24.8. The van der Waals surface area contributed by atoms with E-state index in [1.54, 1.807) is 33.1 Å². The third-order valence-corrected chi connectivity index (χ3v) is 5.84. The van der Waals surface area contributed by atoms with E-state index < -0.39 is 11.4 Å². The summed E-state index contributed by atoms with van der Waals surface area (Å²) in [5.74, 6) is 0.929. The Morgan fingerprint density at radius 3 is 2.38 bits per heavy atom. The molecule has 1 aliphatic rings. The number of nitrogens with zero attached hydrogens (tertiary/aromatic N) is 2. The second-order valence-electron chi connectivity index (χ2n) is 8.45. The predicted molar refractivity (Wildman–Crippen MR) is 134 cm³/mol. The molecule has 4 N–H and O–H groups in total. The second-order valence-corrected chi connectivity index (χ2v) is 8.45. The van der Waals surface area contributed by atoms with Crippen LogP contribution >= 0.6 is 24.8 Å². The van der Waals surface area contributed by atoms with Gasteiger partial charge in [-0.25, -0.2) is 14.4 Å². The molecule has 11 heteroatoms. The molecule has 2 heterocycles. The van der Waals surface area contributed by atoms with Crippen LogP contribution in [0.15, 0.2) is 30.3 Å². The molecular formula is C23H29Cl2FN4O4. The molecule has 0 radical (unpaired) electrons. The van der Waals surface area contributed by atoms with E-state index in [1.807, 2.05) is 0 Å². The van der Waals surface area contributed by atoms with Gasteiger partial charge in [0.2, 0.25) is 0 Å². The molecular weight excluding hydrogens is 486 g/mol. The Morgan fingerprint density at radius 2 is 1.74 bits per heavy atom. The van der Waals surface area contributed by atoms with Crippen LogP contribution in [0.1, 0.15) is 13.8 Å². The van der Waals surface area contributed by atoms with E-state index in [1.165, 1.54) is 25.3 Å². The number of aliphatic hydroxyl groups is 1. The fourth-order valence-corrected chi connectivity index (χ4v) is 4.12. The highest BCUT2D eigenvalue weighted by atomic mass is 35.5. The van der Waals surface area contributed by atoms with Gasteiger partial charge in [-0.2, -0.15) is 0 Å². The van der Waals surface area contributed by atoms with Crippen LogP contribution in [0.4, 0.5) is 10.2 Å². The van der Waals surface area contributed by atoms with E-state index in [0.29, 0.717) is 41.3 Å². The largest absolute Gasteiger partial charge is 0.507 e. The maximum absolute atomic E-state index is 13.9. The molecule has 1 fully saturated rings. The van der Waals surface area contributed by atoms with Crippen LogP contribution in [-0.4, -0.2) is 59.1 Å². The molecule has 4 rings (SSSR count). The first-order chi connectivity index (χ1) is 15.2. The summed E-state index contributed by atoms with van der Waals surface area (Å²) >= 11 is 0. The number of aromatic hydroxyl groups is 1. The van der Waals surface area contributed by atoms with Crippen molar-refractivity contribution in [3.8, 4) is 28.6 Å². The van der Waals surface area contributed by atoms with E-state index >= 15 is 0 Å². The summed E-state index contributed by atoms with van der Waals surface area (Å²) in [6.07, 6.45) is 0. The topological polar surface area (TPSA) is 109 Å². The molecule has 8 nitrogen and oxygen atoms in total. The molecule has 2 atom stereocenters. The zero-order valence-electron chi connectivity index (χ0n) is 19.3. The van der Waals surface area contributed by atoms with Gasteiger partial charge in [0.25, 0.3) is 0 Å². The number of hydrogen-bond donors (Lipinski definition) is 4. The van der Waals surface area contributed by atoms with Gasteiger partial charge in [-0.3, -0.25) is 0 Å². The quantitative estimate of drug-likeness (QED) is 0.393. The van der Waals surface area contributed by atoms with Gasteiger partial charge in [0.05, 0.1) is 30.9 Å². The SMILES string of the molecule is COc1cc2nc(-c3cc(F)ccc3O)nc(NC3CNCC3C(C)(C)O)c2cc1OC.Cl.Cl. The predicted octanol–water partition coefficient (Wildman–Crippen LogP) is 3.77. The third-order valence-electron chi connectivity index (χ3n) is 5.84. The monoisotopic (exact) mass is 514 g/mol. The fourth-order valence-electron chi connectivity index (χ4n) is 4.12. The van der Waals surface area contributed by atoms with E-state index in [-0.39, 0.29) is 53.9 Å². The summed E-state index contributed by atoms with van der Waals surface area (Å²) in [5.41, 5.74) is -0.202. The number of benzene rings is 2. The van der Waals surface area contributed by atoms with Gasteiger partial charge in [0.1, 0.15) is 17.4 Å². The van der Waals surface area contributed by atoms with E-state index in [9.17, 15) is 14.6 Å². The van der Waals surface area contributed by atoms with Crippen molar-refractivity contribution < 1.29 is 24.1 Å². The van der Waals surface area contributed by atoms with Crippen molar-refractivity contribution >= 4 is 41.5 Å². The molecule has 1 saturated heterocycles. The van der Waals surface area contributed by atoms with Crippen molar-refractivity contribution in [3.63, 3.8) is 0 Å². The Labute approximate surface area is 209 Å². The van der Waals surface area contributed by atoms with Gasteiger partial charge in [-0.05, 0) is 38.1 Å². The average molecular weight is 515 g/mol. The third kappa shape index (κ3) is 5.38. The molecule has 34 heavy (non-hydrogen) atoms. The van der Waals surface area contributed by atoms with Crippen LogP contribution in [0.5, 0.6) is 17.2 Å². The van der Waals surface area contributed by atoms with Gasteiger partial charge in [-0.15, -0.1) is 24.8 Å². The molecule has 0 aliphatic carbocycles.